The molecule has 0 radical (unpaired) electrons. The van der Waals surface area contributed by atoms with Gasteiger partial charge in [0, 0.05) is 5.56 Å². The molecule has 0 N–H and O–H groups in total. The van der Waals surface area contributed by atoms with E-state index >= 15 is 0 Å². The standard InChI is InChI=1S/C25H27NO3/c1-3-5-6-7-19-8-10-21(11-9-19)25(27)29-23-16-17-24(26-18-23)20-12-14-22(15-13-20)28-4-2/h8-18H,3-7H2,1-2H3. The van der Waals surface area contributed by atoms with E-state index in [1.54, 1.807) is 12.3 Å². The van der Waals surface area contributed by atoms with Crippen molar-refractivity contribution in [1.82, 2.24) is 4.98 Å². The summed E-state index contributed by atoms with van der Waals surface area (Å²) in [5.41, 5.74) is 3.57. The molecule has 0 atom stereocenters. The van der Waals surface area contributed by atoms with Gasteiger partial charge in [-0.15, -0.1) is 0 Å². The number of hydrogen-bond acceptors (Lipinski definition) is 4. The van der Waals surface area contributed by atoms with Crippen molar-refractivity contribution in [2.24, 2.45) is 0 Å². The minimum Gasteiger partial charge on any atom is -0.494 e. The van der Waals surface area contributed by atoms with E-state index in [0.29, 0.717) is 17.9 Å². The highest BCUT2D eigenvalue weighted by Gasteiger charge is 2.09. The molecule has 0 fully saturated rings. The van der Waals surface area contributed by atoms with Crippen LogP contribution >= 0.6 is 0 Å². The lowest BCUT2D eigenvalue weighted by molar-refractivity contribution is 0.0734. The van der Waals surface area contributed by atoms with Crippen molar-refractivity contribution in [1.29, 1.82) is 0 Å². The Morgan fingerprint density at radius 2 is 1.59 bits per heavy atom. The summed E-state index contributed by atoms with van der Waals surface area (Å²) in [6.45, 7) is 4.79. The van der Waals surface area contributed by atoms with Crippen LogP contribution in [0.15, 0.2) is 66.9 Å². The van der Waals surface area contributed by atoms with Gasteiger partial charge in [-0.25, -0.2) is 4.79 Å². The fraction of sp³-hybridized carbons (Fsp3) is 0.280. The summed E-state index contributed by atoms with van der Waals surface area (Å²) in [5.74, 6) is 0.885. The normalized spacial score (nSPS) is 10.6. The van der Waals surface area contributed by atoms with E-state index in [1.807, 2.05) is 61.5 Å². The topological polar surface area (TPSA) is 48.4 Å². The van der Waals surface area contributed by atoms with Crippen LogP contribution in [0.3, 0.4) is 0 Å². The number of aromatic nitrogens is 1. The Bertz CT molecular complexity index is 900. The summed E-state index contributed by atoms with van der Waals surface area (Å²) in [5, 5.41) is 0. The van der Waals surface area contributed by atoms with E-state index in [9.17, 15) is 4.79 Å². The maximum absolute atomic E-state index is 12.4. The third-order valence-electron chi connectivity index (χ3n) is 4.67. The Hall–Kier alpha value is -3.14. The summed E-state index contributed by atoms with van der Waals surface area (Å²) in [7, 11) is 0. The molecule has 0 saturated heterocycles. The average molecular weight is 389 g/mol. The van der Waals surface area contributed by atoms with Crippen LogP contribution in [-0.2, 0) is 6.42 Å². The van der Waals surface area contributed by atoms with E-state index in [4.69, 9.17) is 9.47 Å². The first-order valence-corrected chi connectivity index (χ1v) is 10.2. The van der Waals surface area contributed by atoms with Crippen LogP contribution in [0.5, 0.6) is 11.5 Å². The first-order chi connectivity index (χ1) is 14.2. The number of aryl methyl sites for hydroxylation is 1. The molecule has 0 aliphatic carbocycles. The Labute approximate surface area is 172 Å². The summed E-state index contributed by atoms with van der Waals surface area (Å²) in [6, 6.07) is 19.0. The van der Waals surface area contributed by atoms with Gasteiger partial charge in [0.2, 0.25) is 0 Å². The predicted molar refractivity (Wildman–Crippen MR) is 115 cm³/mol. The number of hydrogen-bond donors (Lipinski definition) is 0. The van der Waals surface area contributed by atoms with Gasteiger partial charge in [-0.2, -0.15) is 0 Å². The van der Waals surface area contributed by atoms with Crippen LogP contribution in [0.1, 0.15) is 49.0 Å². The molecule has 0 bridgehead atoms. The van der Waals surface area contributed by atoms with E-state index in [2.05, 4.69) is 11.9 Å². The SMILES string of the molecule is CCCCCc1ccc(C(=O)Oc2ccc(-c3ccc(OCC)cc3)nc2)cc1. The predicted octanol–water partition coefficient (Wildman–Crippen LogP) is 6.10. The number of pyridine rings is 1. The van der Waals surface area contributed by atoms with Crippen molar-refractivity contribution < 1.29 is 14.3 Å². The first-order valence-electron chi connectivity index (χ1n) is 10.2. The second-order valence-electron chi connectivity index (χ2n) is 6.88. The second-order valence-corrected chi connectivity index (χ2v) is 6.88. The molecule has 3 rings (SSSR count). The Morgan fingerprint density at radius 3 is 2.21 bits per heavy atom. The van der Waals surface area contributed by atoms with Crippen LogP contribution in [-0.4, -0.2) is 17.6 Å². The molecular formula is C25H27NO3. The minimum absolute atomic E-state index is 0.374. The van der Waals surface area contributed by atoms with Crippen molar-refractivity contribution in [2.75, 3.05) is 6.61 Å². The van der Waals surface area contributed by atoms with Gasteiger partial charge in [0.15, 0.2) is 0 Å². The fourth-order valence-electron chi connectivity index (χ4n) is 3.05. The van der Waals surface area contributed by atoms with Gasteiger partial charge in [-0.3, -0.25) is 4.98 Å². The van der Waals surface area contributed by atoms with Gasteiger partial charge in [0.05, 0.1) is 24.1 Å². The number of benzene rings is 2. The lowest BCUT2D eigenvalue weighted by atomic mass is 10.1. The molecule has 2 aromatic carbocycles. The lowest BCUT2D eigenvalue weighted by Crippen LogP contribution is -2.08. The first kappa shape index (κ1) is 20.6. The number of ether oxygens (including phenoxy) is 2. The third kappa shape index (κ3) is 5.92. The Morgan fingerprint density at radius 1 is 0.862 bits per heavy atom. The van der Waals surface area contributed by atoms with Crippen LogP contribution in [0.2, 0.25) is 0 Å². The number of rotatable bonds is 9. The van der Waals surface area contributed by atoms with E-state index < -0.39 is 0 Å². The molecule has 0 amide bonds. The number of carbonyl (C=O) groups is 1. The summed E-state index contributed by atoms with van der Waals surface area (Å²) in [6.07, 6.45) is 6.22. The van der Waals surface area contributed by atoms with E-state index in [0.717, 1.165) is 23.4 Å². The zero-order valence-corrected chi connectivity index (χ0v) is 17.1. The fourth-order valence-corrected chi connectivity index (χ4v) is 3.05. The number of unbranched alkanes of at least 4 members (excludes halogenated alkanes) is 2. The molecule has 0 unspecified atom stereocenters. The van der Waals surface area contributed by atoms with Crippen LogP contribution in [0.25, 0.3) is 11.3 Å². The molecule has 29 heavy (non-hydrogen) atoms. The largest absolute Gasteiger partial charge is 0.494 e. The van der Waals surface area contributed by atoms with Crippen molar-refractivity contribution in [3.05, 3.63) is 78.0 Å². The van der Waals surface area contributed by atoms with Gasteiger partial charge in [-0.1, -0.05) is 31.9 Å². The molecule has 4 nitrogen and oxygen atoms in total. The Balaban J connectivity index is 1.59. The molecule has 0 aliphatic heterocycles. The van der Waals surface area contributed by atoms with E-state index in [-0.39, 0.29) is 5.97 Å². The monoisotopic (exact) mass is 389 g/mol. The molecule has 1 aromatic heterocycles. The quantitative estimate of drug-likeness (QED) is 0.328. The minimum atomic E-state index is -0.374. The highest BCUT2D eigenvalue weighted by molar-refractivity contribution is 5.91. The molecule has 0 saturated carbocycles. The second kappa shape index (κ2) is 10.4. The number of esters is 1. The van der Waals surface area contributed by atoms with Gasteiger partial charge in [0.1, 0.15) is 11.5 Å². The van der Waals surface area contributed by atoms with Crippen molar-refractivity contribution in [3.63, 3.8) is 0 Å². The summed E-state index contributed by atoms with van der Waals surface area (Å²) in [4.78, 5) is 16.8. The summed E-state index contributed by atoms with van der Waals surface area (Å²) >= 11 is 0. The maximum atomic E-state index is 12.4. The van der Waals surface area contributed by atoms with Crippen molar-refractivity contribution in [2.45, 2.75) is 39.5 Å². The smallest absolute Gasteiger partial charge is 0.343 e. The van der Waals surface area contributed by atoms with Gasteiger partial charge < -0.3 is 9.47 Å². The van der Waals surface area contributed by atoms with Crippen molar-refractivity contribution in [3.8, 4) is 22.8 Å². The Kier molecular flexibility index (Phi) is 7.40. The van der Waals surface area contributed by atoms with Crippen LogP contribution in [0, 0.1) is 0 Å². The zero-order valence-electron chi connectivity index (χ0n) is 17.1. The third-order valence-corrected chi connectivity index (χ3v) is 4.67. The number of carbonyl (C=O) groups excluding carboxylic acids is 1. The molecule has 150 valence electrons. The lowest BCUT2D eigenvalue weighted by Gasteiger charge is -2.07. The van der Waals surface area contributed by atoms with Gasteiger partial charge in [0.25, 0.3) is 0 Å². The number of nitrogens with zero attached hydrogens (tertiary/aromatic N) is 1. The molecule has 0 aliphatic rings. The highest BCUT2D eigenvalue weighted by atomic mass is 16.5. The molecular weight excluding hydrogens is 362 g/mol. The van der Waals surface area contributed by atoms with Crippen LogP contribution < -0.4 is 9.47 Å². The van der Waals surface area contributed by atoms with E-state index in [1.165, 1.54) is 24.8 Å². The zero-order chi connectivity index (χ0) is 20.5. The average Bonchev–Trinajstić information content (AvgIpc) is 2.76. The molecule has 3 aromatic rings. The van der Waals surface area contributed by atoms with Gasteiger partial charge >= 0.3 is 5.97 Å². The molecule has 0 spiro atoms. The highest BCUT2D eigenvalue weighted by Crippen LogP contribution is 2.23. The molecule has 1 heterocycles. The molecule has 4 heteroatoms. The summed E-state index contributed by atoms with van der Waals surface area (Å²) < 4.78 is 10.9. The van der Waals surface area contributed by atoms with Crippen molar-refractivity contribution >= 4 is 5.97 Å². The van der Waals surface area contributed by atoms with Crippen LogP contribution in [0.4, 0.5) is 0 Å². The van der Waals surface area contributed by atoms with Gasteiger partial charge in [-0.05, 0) is 73.9 Å². The maximum Gasteiger partial charge on any atom is 0.343 e.